The number of benzene rings is 1. The Labute approximate surface area is 150 Å². The minimum Gasteiger partial charge on any atom is -0.502 e. The van der Waals surface area contributed by atoms with E-state index in [0.29, 0.717) is 12.4 Å². The number of hydrogen-bond acceptors (Lipinski definition) is 6. The van der Waals surface area contributed by atoms with Crippen LogP contribution >= 0.6 is 0 Å². The standard InChI is InChI=1S/C19H18N4O3/c1-22-6-7-26-16-9-14(10-20-18(16)22)12-4-3-5-13(8-12)17-21-11-15(24)19(25)23(17)2/h3-5,8-11,24H,6-7H2,1-2H3. The highest BCUT2D eigenvalue weighted by Crippen LogP contribution is 2.33. The molecule has 132 valence electrons. The van der Waals surface area contributed by atoms with Crippen LogP contribution in [0.1, 0.15) is 0 Å². The molecule has 0 amide bonds. The number of aromatic hydroxyl groups is 1. The fourth-order valence-corrected chi connectivity index (χ4v) is 3.02. The van der Waals surface area contributed by atoms with Crippen LogP contribution in [0.25, 0.3) is 22.5 Å². The van der Waals surface area contributed by atoms with Crippen LogP contribution in [0, 0.1) is 0 Å². The maximum atomic E-state index is 12.0. The lowest BCUT2D eigenvalue weighted by molar-refractivity contribution is 0.309. The molecule has 7 nitrogen and oxygen atoms in total. The molecule has 2 aromatic heterocycles. The number of anilines is 1. The van der Waals surface area contributed by atoms with Crippen LogP contribution in [0.5, 0.6) is 11.5 Å². The molecule has 0 unspecified atom stereocenters. The van der Waals surface area contributed by atoms with Gasteiger partial charge in [0.05, 0.1) is 12.7 Å². The zero-order chi connectivity index (χ0) is 18.3. The van der Waals surface area contributed by atoms with Gasteiger partial charge in [0.25, 0.3) is 5.56 Å². The number of nitrogens with zero attached hydrogens (tertiary/aromatic N) is 4. The molecule has 3 heterocycles. The van der Waals surface area contributed by atoms with Crippen LogP contribution in [0.3, 0.4) is 0 Å². The first-order chi connectivity index (χ1) is 12.5. The molecule has 0 bridgehead atoms. The van der Waals surface area contributed by atoms with Gasteiger partial charge < -0.3 is 14.7 Å². The predicted octanol–water partition coefficient (Wildman–Crippen LogP) is 2.04. The smallest absolute Gasteiger partial charge is 0.295 e. The van der Waals surface area contributed by atoms with Gasteiger partial charge in [0.15, 0.2) is 17.3 Å². The van der Waals surface area contributed by atoms with Crippen LogP contribution < -0.4 is 15.2 Å². The first-order valence-electron chi connectivity index (χ1n) is 8.24. The second-order valence-electron chi connectivity index (χ2n) is 6.23. The van der Waals surface area contributed by atoms with E-state index in [1.165, 1.54) is 10.8 Å². The Kier molecular flexibility index (Phi) is 3.84. The summed E-state index contributed by atoms with van der Waals surface area (Å²) in [4.78, 5) is 22.7. The molecular formula is C19H18N4O3. The summed E-state index contributed by atoms with van der Waals surface area (Å²) in [6, 6.07) is 9.65. The lowest BCUT2D eigenvalue weighted by Crippen LogP contribution is -2.29. The highest BCUT2D eigenvalue weighted by atomic mass is 16.5. The Hall–Kier alpha value is -3.35. The van der Waals surface area contributed by atoms with Crippen LogP contribution in [0.15, 0.2) is 47.5 Å². The van der Waals surface area contributed by atoms with E-state index in [0.717, 1.165) is 34.8 Å². The second kappa shape index (κ2) is 6.18. The first kappa shape index (κ1) is 16.1. The highest BCUT2D eigenvalue weighted by Gasteiger charge is 2.17. The van der Waals surface area contributed by atoms with Gasteiger partial charge in [-0.1, -0.05) is 18.2 Å². The van der Waals surface area contributed by atoms with Crippen molar-refractivity contribution in [2.45, 2.75) is 0 Å². The average molecular weight is 350 g/mol. The topological polar surface area (TPSA) is 80.5 Å². The van der Waals surface area contributed by atoms with E-state index < -0.39 is 5.56 Å². The van der Waals surface area contributed by atoms with E-state index in [4.69, 9.17) is 4.74 Å². The summed E-state index contributed by atoms with van der Waals surface area (Å²) in [7, 11) is 3.58. The van der Waals surface area contributed by atoms with E-state index in [-0.39, 0.29) is 5.75 Å². The summed E-state index contributed by atoms with van der Waals surface area (Å²) in [5.74, 6) is 1.71. The molecule has 1 aromatic carbocycles. The molecule has 1 aliphatic rings. The van der Waals surface area contributed by atoms with Crippen molar-refractivity contribution in [1.82, 2.24) is 14.5 Å². The molecule has 26 heavy (non-hydrogen) atoms. The van der Waals surface area contributed by atoms with Gasteiger partial charge >= 0.3 is 0 Å². The molecule has 4 rings (SSSR count). The third kappa shape index (κ3) is 2.67. The van der Waals surface area contributed by atoms with Gasteiger partial charge in [-0.15, -0.1) is 0 Å². The quantitative estimate of drug-likeness (QED) is 0.762. The summed E-state index contributed by atoms with van der Waals surface area (Å²) < 4.78 is 7.06. The third-order valence-electron chi connectivity index (χ3n) is 4.48. The van der Waals surface area contributed by atoms with Gasteiger partial charge in [-0.05, 0) is 17.7 Å². The van der Waals surface area contributed by atoms with Crippen molar-refractivity contribution in [2.24, 2.45) is 7.05 Å². The SMILES string of the molecule is CN1CCOc2cc(-c3cccc(-c4ncc(O)c(=O)n4C)c3)cnc21. The largest absolute Gasteiger partial charge is 0.502 e. The van der Waals surface area contributed by atoms with E-state index >= 15 is 0 Å². The van der Waals surface area contributed by atoms with Gasteiger partial charge in [-0.25, -0.2) is 9.97 Å². The van der Waals surface area contributed by atoms with E-state index in [2.05, 4.69) is 14.9 Å². The fourth-order valence-electron chi connectivity index (χ4n) is 3.02. The number of pyridine rings is 1. The maximum absolute atomic E-state index is 12.0. The Morgan fingerprint density at radius 2 is 1.88 bits per heavy atom. The number of rotatable bonds is 2. The molecule has 3 aromatic rings. The number of aromatic nitrogens is 3. The molecule has 0 spiro atoms. The van der Waals surface area contributed by atoms with Gasteiger partial charge in [0, 0.05) is 31.4 Å². The predicted molar refractivity (Wildman–Crippen MR) is 98.6 cm³/mol. The zero-order valence-corrected chi connectivity index (χ0v) is 14.5. The van der Waals surface area contributed by atoms with Crippen molar-refractivity contribution in [3.05, 3.63) is 53.1 Å². The summed E-state index contributed by atoms with van der Waals surface area (Å²) in [5.41, 5.74) is 2.16. The van der Waals surface area contributed by atoms with Crippen molar-refractivity contribution in [2.75, 3.05) is 25.1 Å². The maximum Gasteiger partial charge on any atom is 0.295 e. The van der Waals surface area contributed by atoms with E-state index in [9.17, 15) is 9.90 Å². The molecule has 7 heteroatoms. The van der Waals surface area contributed by atoms with Crippen LogP contribution in [-0.4, -0.2) is 39.8 Å². The highest BCUT2D eigenvalue weighted by molar-refractivity contribution is 5.73. The minimum atomic E-state index is -0.479. The summed E-state index contributed by atoms with van der Waals surface area (Å²) in [6.45, 7) is 1.45. The number of hydrogen-bond donors (Lipinski definition) is 1. The molecule has 1 aliphatic heterocycles. The van der Waals surface area contributed by atoms with Gasteiger partial charge in [-0.2, -0.15) is 0 Å². The molecule has 0 saturated heterocycles. The summed E-state index contributed by atoms with van der Waals surface area (Å²) in [6.07, 6.45) is 2.99. The normalized spacial score (nSPS) is 13.2. The molecular weight excluding hydrogens is 332 g/mol. The molecule has 0 radical (unpaired) electrons. The van der Waals surface area contributed by atoms with Gasteiger partial charge in [0.1, 0.15) is 12.4 Å². The molecule has 0 saturated carbocycles. The van der Waals surface area contributed by atoms with Crippen molar-refractivity contribution in [3.8, 4) is 34.0 Å². The third-order valence-corrected chi connectivity index (χ3v) is 4.48. The van der Waals surface area contributed by atoms with Crippen LogP contribution in [0.2, 0.25) is 0 Å². The average Bonchev–Trinajstić information content (AvgIpc) is 2.66. The summed E-state index contributed by atoms with van der Waals surface area (Å²) >= 11 is 0. The summed E-state index contributed by atoms with van der Waals surface area (Å²) in [5, 5.41) is 9.52. The Balaban J connectivity index is 1.78. The Morgan fingerprint density at radius 3 is 2.73 bits per heavy atom. The Bertz CT molecular complexity index is 1050. The van der Waals surface area contributed by atoms with Crippen molar-refractivity contribution in [3.63, 3.8) is 0 Å². The number of ether oxygens (including phenoxy) is 1. The minimum absolute atomic E-state index is 0.368. The van der Waals surface area contributed by atoms with Crippen LogP contribution in [0.4, 0.5) is 5.82 Å². The zero-order valence-electron chi connectivity index (χ0n) is 14.5. The lowest BCUT2D eigenvalue weighted by Gasteiger charge is -2.26. The monoisotopic (exact) mass is 350 g/mol. The number of fused-ring (bicyclic) bond motifs is 1. The Morgan fingerprint density at radius 1 is 1.08 bits per heavy atom. The van der Waals surface area contributed by atoms with E-state index in [1.807, 2.05) is 43.6 Å². The second-order valence-corrected chi connectivity index (χ2v) is 6.23. The molecule has 0 aliphatic carbocycles. The first-order valence-corrected chi connectivity index (χ1v) is 8.24. The molecule has 0 atom stereocenters. The van der Waals surface area contributed by atoms with Gasteiger partial charge in [-0.3, -0.25) is 9.36 Å². The van der Waals surface area contributed by atoms with Crippen molar-refractivity contribution >= 4 is 5.82 Å². The van der Waals surface area contributed by atoms with Crippen molar-refractivity contribution < 1.29 is 9.84 Å². The van der Waals surface area contributed by atoms with E-state index in [1.54, 1.807) is 7.05 Å². The van der Waals surface area contributed by atoms with Crippen LogP contribution in [-0.2, 0) is 7.05 Å². The van der Waals surface area contributed by atoms with Gasteiger partial charge in [0.2, 0.25) is 0 Å². The van der Waals surface area contributed by atoms with Crippen molar-refractivity contribution in [1.29, 1.82) is 0 Å². The number of likely N-dealkylation sites (N-methyl/N-ethyl adjacent to an activating group) is 1. The fraction of sp³-hybridized carbons (Fsp3) is 0.211. The molecule has 0 fully saturated rings. The lowest BCUT2D eigenvalue weighted by atomic mass is 10.0. The molecule has 1 N–H and O–H groups in total.